The Morgan fingerprint density at radius 3 is 2.73 bits per heavy atom. The van der Waals surface area contributed by atoms with Crippen LogP contribution in [0.15, 0.2) is 46.1 Å². The van der Waals surface area contributed by atoms with Crippen LogP contribution in [0.3, 0.4) is 0 Å². The molecule has 0 N–H and O–H groups in total. The Morgan fingerprint density at radius 1 is 1.15 bits per heavy atom. The van der Waals surface area contributed by atoms with E-state index in [2.05, 4.69) is 47.0 Å². The van der Waals surface area contributed by atoms with E-state index in [0.29, 0.717) is 11.8 Å². The van der Waals surface area contributed by atoms with E-state index in [1.807, 2.05) is 24.3 Å². The molecule has 1 atom stereocenters. The second kappa shape index (κ2) is 7.17. The molecule has 132 valence electrons. The van der Waals surface area contributed by atoms with E-state index in [0.717, 1.165) is 27.2 Å². The third-order valence-corrected chi connectivity index (χ3v) is 6.36. The third-order valence-electron chi connectivity index (χ3n) is 4.07. The van der Waals surface area contributed by atoms with Crippen LogP contribution in [0, 0.1) is 6.92 Å². The molecule has 0 aliphatic heterocycles. The third kappa shape index (κ3) is 3.37. The minimum Gasteiger partial charge on any atom is -0.419 e. The van der Waals surface area contributed by atoms with Gasteiger partial charge in [0.2, 0.25) is 11.8 Å². The summed E-state index contributed by atoms with van der Waals surface area (Å²) >= 11 is 3.34. The molecule has 4 rings (SSSR count). The summed E-state index contributed by atoms with van der Waals surface area (Å²) < 4.78 is 5.90. The summed E-state index contributed by atoms with van der Waals surface area (Å²) in [5, 5.41) is 10.5. The SMILES string of the molecule is CCc1cc2c(S[C@@H](C)c3nnc(-c4ccc(C)cc4)o3)ncnc2s1. The van der Waals surface area contributed by atoms with Gasteiger partial charge in [-0.25, -0.2) is 9.97 Å². The van der Waals surface area contributed by atoms with Gasteiger partial charge in [0.05, 0.1) is 5.25 Å². The Kier molecular flexibility index (Phi) is 4.74. The fourth-order valence-electron chi connectivity index (χ4n) is 2.58. The summed E-state index contributed by atoms with van der Waals surface area (Å²) in [7, 11) is 0. The molecule has 4 aromatic rings. The highest BCUT2D eigenvalue weighted by atomic mass is 32.2. The first-order chi connectivity index (χ1) is 12.6. The van der Waals surface area contributed by atoms with Gasteiger partial charge in [-0.3, -0.25) is 0 Å². The molecular formula is C19H18N4OS2. The highest BCUT2D eigenvalue weighted by Crippen LogP contribution is 2.38. The van der Waals surface area contributed by atoms with E-state index >= 15 is 0 Å². The van der Waals surface area contributed by atoms with Gasteiger partial charge in [-0.2, -0.15) is 0 Å². The van der Waals surface area contributed by atoms with Crippen LogP contribution in [0.5, 0.6) is 0 Å². The zero-order valence-electron chi connectivity index (χ0n) is 14.8. The maximum absolute atomic E-state index is 5.90. The molecule has 0 aliphatic carbocycles. The first-order valence-electron chi connectivity index (χ1n) is 8.44. The first-order valence-corrected chi connectivity index (χ1v) is 10.1. The minimum absolute atomic E-state index is 0.00442. The van der Waals surface area contributed by atoms with Gasteiger partial charge < -0.3 is 4.42 Å². The summed E-state index contributed by atoms with van der Waals surface area (Å²) in [6.07, 6.45) is 2.63. The van der Waals surface area contributed by atoms with E-state index < -0.39 is 0 Å². The molecule has 0 saturated carbocycles. The molecule has 3 aromatic heterocycles. The van der Waals surface area contributed by atoms with E-state index in [-0.39, 0.29) is 5.25 Å². The van der Waals surface area contributed by atoms with Crippen molar-refractivity contribution in [1.82, 2.24) is 20.2 Å². The number of hydrogen-bond donors (Lipinski definition) is 0. The molecule has 0 aliphatic rings. The lowest BCUT2D eigenvalue weighted by atomic mass is 10.1. The van der Waals surface area contributed by atoms with Gasteiger partial charge in [0.25, 0.3) is 0 Å². The summed E-state index contributed by atoms with van der Waals surface area (Å²) in [5.74, 6) is 1.15. The summed E-state index contributed by atoms with van der Waals surface area (Å²) in [6.45, 7) is 6.26. The quantitative estimate of drug-likeness (QED) is 0.337. The number of thioether (sulfide) groups is 1. The molecule has 0 amide bonds. The van der Waals surface area contributed by atoms with Crippen LogP contribution < -0.4 is 0 Å². The van der Waals surface area contributed by atoms with Crippen molar-refractivity contribution in [2.75, 3.05) is 0 Å². The lowest BCUT2D eigenvalue weighted by Crippen LogP contribution is -1.91. The van der Waals surface area contributed by atoms with Gasteiger partial charge in [0, 0.05) is 15.8 Å². The average Bonchev–Trinajstić information content (AvgIpc) is 3.30. The van der Waals surface area contributed by atoms with E-state index in [1.54, 1.807) is 29.4 Å². The molecule has 26 heavy (non-hydrogen) atoms. The van der Waals surface area contributed by atoms with Crippen molar-refractivity contribution in [1.29, 1.82) is 0 Å². The fraction of sp³-hybridized carbons (Fsp3) is 0.263. The Balaban J connectivity index is 1.58. The number of rotatable bonds is 5. The Bertz CT molecular complexity index is 1040. The number of nitrogens with zero attached hydrogens (tertiary/aromatic N) is 4. The van der Waals surface area contributed by atoms with E-state index in [4.69, 9.17) is 4.42 Å². The van der Waals surface area contributed by atoms with Gasteiger partial charge in [-0.15, -0.1) is 21.5 Å². The fourth-order valence-corrected chi connectivity index (χ4v) is 4.50. The standard InChI is InChI=1S/C19H18N4OS2/c1-4-14-9-15-18(20-10-21-19(15)26-14)25-12(3)16-22-23-17(24-16)13-7-5-11(2)6-8-13/h5-10,12H,4H2,1-3H3/t12-/m0/s1. The smallest absolute Gasteiger partial charge is 0.247 e. The largest absolute Gasteiger partial charge is 0.419 e. The van der Waals surface area contributed by atoms with Gasteiger partial charge in [0.15, 0.2) is 0 Å². The zero-order chi connectivity index (χ0) is 18.1. The van der Waals surface area contributed by atoms with Crippen molar-refractivity contribution >= 4 is 33.3 Å². The van der Waals surface area contributed by atoms with Crippen LogP contribution >= 0.6 is 23.1 Å². The van der Waals surface area contributed by atoms with Crippen molar-refractivity contribution in [3.05, 3.63) is 53.0 Å². The van der Waals surface area contributed by atoms with Crippen LogP contribution in [-0.2, 0) is 6.42 Å². The topological polar surface area (TPSA) is 64.7 Å². The Hall–Kier alpha value is -2.25. The Labute approximate surface area is 159 Å². The second-order valence-electron chi connectivity index (χ2n) is 6.04. The van der Waals surface area contributed by atoms with Crippen molar-refractivity contribution < 1.29 is 4.42 Å². The summed E-state index contributed by atoms with van der Waals surface area (Å²) in [5.41, 5.74) is 2.13. The molecular weight excluding hydrogens is 364 g/mol. The number of aryl methyl sites for hydroxylation is 2. The maximum Gasteiger partial charge on any atom is 0.247 e. The molecule has 0 bridgehead atoms. The molecule has 0 spiro atoms. The lowest BCUT2D eigenvalue weighted by Gasteiger charge is -2.06. The summed E-state index contributed by atoms with van der Waals surface area (Å²) in [6, 6.07) is 10.3. The number of hydrogen-bond acceptors (Lipinski definition) is 7. The number of fused-ring (bicyclic) bond motifs is 1. The lowest BCUT2D eigenvalue weighted by molar-refractivity contribution is 0.509. The number of benzene rings is 1. The second-order valence-corrected chi connectivity index (χ2v) is 8.48. The van der Waals surface area contributed by atoms with Gasteiger partial charge in [-0.05, 0) is 38.5 Å². The van der Waals surface area contributed by atoms with E-state index in [9.17, 15) is 0 Å². The molecule has 0 fully saturated rings. The van der Waals surface area contributed by atoms with Crippen LogP contribution in [0.25, 0.3) is 21.7 Å². The minimum atomic E-state index is 0.00442. The normalized spacial score (nSPS) is 12.6. The highest BCUT2D eigenvalue weighted by molar-refractivity contribution is 7.99. The van der Waals surface area contributed by atoms with Crippen molar-refractivity contribution in [2.24, 2.45) is 0 Å². The zero-order valence-corrected chi connectivity index (χ0v) is 16.4. The Morgan fingerprint density at radius 2 is 1.96 bits per heavy atom. The monoisotopic (exact) mass is 382 g/mol. The molecule has 0 saturated heterocycles. The van der Waals surface area contributed by atoms with Crippen molar-refractivity contribution in [3.8, 4) is 11.5 Å². The van der Waals surface area contributed by atoms with E-state index in [1.165, 1.54) is 10.4 Å². The van der Waals surface area contributed by atoms with Gasteiger partial charge in [-0.1, -0.05) is 36.4 Å². The number of thiophene rings is 1. The predicted octanol–water partition coefficient (Wildman–Crippen LogP) is 5.47. The van der Waals surface area contributed by atoms with Crippen LogP contribution in [0.2, 0.25) is 0 Å². The van der Waals surface area contributed by atoms with Gasteiger partial charge >= 0.3 is 0 Å². The van der Waals surface area contributed by atoms with Crippen LogP contribution in [0.1, 0.15) is 35.4 Å². The molecule has 7 heteroatoms. The number of aromatic nitrogens is 4. The highest BCUT2D eigenvalue weighted by Gasteiger charge is 2.19. The predicted molar refractivity (Wildman–Crippen MR) is 106 cm³/mol. The van der Waals surface area contributed by atoms with Crippen molar-refractivity contribution in [2.45, 2.75) is 37.5 Å². The van der Waals surface area contributed by atoms with Crippen LogP contribution in [0.4, 0.5) is 0 Å². The molecule has 0 radical (unpaired) electrons. The summed E-state index contributed by atoms with van der Waals surface area (Å²) in [4.78, 5) is 11.2. The molecule has 1 aromatic carbocycles. The van der Waals surface area contributed by atoms with Crippen LogP contribution in [-0.4, -0.2) is 20.2 Å². The van der Waals surface area contributed by atoms with Gasteiger partial charge in [0.1, 0.15) is 16.2 Å². The van der Waals surface area contributed by atoms with Crippen molar-refractivity contribution in [3.63, 3.8) is 0 Å². The molecule has 5 nitrogen and oxygen atoms in total. The molecule has 0 unspecified atom stereocenters. The maximum atomic E-state index is 5.90. The first kappa shape index (κ1) is 17.2. The average molecular weight is 383 g/mol. The molecule has 3 heterocycles.